The van der Waals surface area contributed by atoms with E-state index in [1.807, 2.05) is 6.92 Å². The van der Waals surface area contributed by atoms with Gasteiger partial charge in [0.25, 0.3) is 0 Å². The number of carbonyl (C=O) groups excluding carboxylic acids is 1. The van der Waals surface area contributed by atoms with Gasteiger partial charge in [-0.2, -0.15) is 5.10 Å². The topological polar surface area (TPSA) is 107 Å². The molecule has 2 unspecified atom stereocenters. The summed E-state index contributed by atoms with van der Waals surface area (Å²) in [5.74, 6) is 0.244. The molecule has 2 N–H and O–H groups in total. The SMILES string of the molecule is CC(N)C1CCCN(C(=O)Cn2cc([N+](=O)[O-])cn2)C1.Cl. The van der Waals surface area contributed by atoms with Crippen molar-refractivity contribution in [1.82, 2.24) is 14.7 Å². The molecule has 2 heterocycles. The quantitative estimate of drug-likeness (QED) is 0.652. The van der Waals surface area contributed by atoms with Crippen molar-refractivity contribution in [2.24, 2.45) is 11.7 Å². The van der Waals surface area contributed by atoms with Crippen LogP contribution in [0.4, 0.5) is 5.69 Å². The normalized spacial score (nSPS) is 19.7. The fourth-order valence-electron chi connectivity index (χ4n) is 2.44. The number of piperidine rings is 1. The van der Waals surface area contributed by atoms with E-state index < -0.39 is 4.92 Å². The van der Waals surface area contributed by atoms with Gasteiger partial charge in [-0.1, -0.05) is 0 Å². The standard InChI is InChI=1S/C12H19N5O3.ClH/c1-9(13)10-3-2-4-15(6-10)12(18)8-16-7-11(5-14-16)17(19)20;/h5,7,9-10H,2-4,6,8,13H2,1H3;1H. The molecular weight excluding hydrogens is 298 g/mol. The molecule has 0 aliphatic carbocycles. The van der Waals surface area contributed by atoms with Crippen molar-refractivity contribution < 1.29 is 9.72 Å². The third kappa shape index (κ3) is 4.40. The second-order valence-electron chi connectivity index (χ2n) is 5.25. The Morgan fingerprint density at radius 2 is 2.38 bits per heavy atom. The number of amides is 1. The number of hydrogen-bond acceptors (Lipinski definition) is 5. The van der Waals surface area contributed by atoms with Gasteiger partial charge >= 0.3 is 5.69 Å². The van der Waals surface area contributed by atoms with Crippen LogP contribution < -0.4 is 5.73 Å². The summed E-state index contributed by atoms with van der Waals surface area (Å²) in [7, 11) is 0. The highest BCUT2D eigenvalue weighted by molar-refractivity contribution is 5.85. The minimum absolute atomic E-state index is 0. The number of halogens is 1. The molecule has 9 heteroatoms. The van der Waals surface area contributed by atoms with E-state index in [1.54, 1.807) is 4.90 Å². The van der Waals surface area contributed by atoms with Gasteiger partial charge in [0.05, 0.1) is 4.92 Å². The van der Waals surface area contributed by atoms with E-state index in [2.05, 4.69) is 5.10 Å². The fourth-order valence-corrected chi connectivity index (χ4v) is 2.44. The van der Waals surface area contributed by atoms with Crippen molar-refractivity contribution in [2.75, 3.05) is 13.1 Å². The Hall–Kier alpha value is -1.67. The fraction of sp³-hybridized carbons (Fsp3) is 0.667. The lowest BCUT2D eigenvalue weighted by Crippen LogP contribution is -2.46. The Balaban J connectivity index is 0.00000220. The molecule has 1 aliphatic heterocycles. The largest absolute Gasteiger partial charge is 0.341 e. The first-order chi connectivity index (χ1) is 9.47. The minimum Gasteiger partial charge on any atom is -0.341 e. The summed E-state index contributed by atoms with van der Waals surface area (Å²) in [5.41, 5.74) is 5.78. The average Bonchev–Trinajstić information content (AvgIpc) is 2.87. The zero-order valence-electron chi connectivity index (χ0n) is 11.8. The Morgan fingerprint density at radius 3 is 2.95 bits per heavy atom. The summed E-state index contributed by atoms with van der Waals surface area (Å²) >= 11 is 0. The summed E-state index contributed by atoms with van der Waals surface area (Å²) in [5, 5.41) is 14.4. The molecule has 0 bridgehead atoms. The van der Waals surface area contributed by atoms with E-state index in [-0.39, 0.29) is 36.6 Å². The van der Waals surface area contributed by atoms with Gasteiger partial charge in [0.2, 0.25) is 5.91 Å². The summed E-state index contributed by atoms with van der Waals surface area (Å²) in [4.78, 5) is 24.0. The molecule has 1 aliphatic rings. The molecule has 0 radical (unpaired) electrons. The van der Waals surface area contributed by atoms with Crippen molar-refractivity contribution in [3.05, 3.63) is 22.5 Å². The van der Waals surface area contributed by atoms with Crippen molar-refractivity contribution in [1.29, 1.82) is 0 Å². The Kier molecular flexibility index (Phi) is 6.10. The molecule has 1 aromatic heterocycles. The van der Waals surface area contributed by atoms with E-state index in [0.29, 0.717) is 19.0 Å². The highest BCUT2D eigenvalue weighted by Crippen LogP contribution is 2.19. The molecule has 1 amide bonds. The van der Waals surface area contributed by atoms with E-state index in [4.69, 9.17) is 5.73 Å². The van der Waals surface area contributed by atoms with Gasteiger partial charge < -0.3 is 10.6 Å². The average molecular weight is 318 g/mol. The van der Waals surface area contributed by atoms with Gasteiger partial charge in [-0.15, -0.1) is 12.4 Å². The van der Waals surface area contributed by atoms with Crippen molar-refractivity contribution in [2.45, 2.75) is 32.4 Å². The van der Waals surface area contributed by atoms with Gasteiger partial charge in [0, 0.05) is 19.1 Å². The molecule has 21 heavy (non-hydrogen) atoms. The number of likely N-dealkylation sites (tertiary alicyclic amines) is 1. The van der Waals surface area contributed by atoms with Gasteiger partial charge in [-0.05, 0) is 25.7 Å². The van der Waals surface area contributed by atoms with E-state index in [9.17, 15) is 14.9 Å². The molecule has 0 saturated carbocycles. The van der Waals surface area contributed by atoms with E-state index >= 15 is 0 Å². The summed E-state index contributed by atoms with van der Waals surface area (Å²) in [6.07, 6.45) is 4.39. The second kappa shape index (κ2) is 7.37. The molecule has 1 saturated heterocycles. The number of hydrogen-bond donors (Lipinski definition) is 1. The first-order valence-corrected chi connectivity index (χ1v) is 6.67. The van der Waals surface area contributed by atoms with Crippen LogP contribution >= 0.6 is 12.4 Å². The lowest BCUT2D eigenvalue weighted by molar-refractivity contribution is -0.385. The molecule has 2 atom stereocenters. The van der Waals surface area contributed by atoms with Crippen LogP contribution in [0.15, 0.2) is 12.4 Å². The summed E-state index contributed by atoms with van der Waals surface area (Å²) in [6, 6.07) is 0.0661. The van der Waals surface area contributed by atoms with Gasteiger partial charge in [0.1, 0.15) is 18.9 Å². The van der Waals surface area contributed by atoms with Crippen molar-refractivity contribution >= 4 is 24.0 Å². The lowest BCUT2D eigenvalue weighted by atomic mass is 9.92. The number of aromatic nitrogens is 2. The lowest BCUT2D eigenvalue weighted by Gasteiger charge is -2.34. The third-order valence-corrected chi connectivity index (χ3v) is 3.68. The first-order valence-electron chi connectivity index (χ1n) is 6.67. The van der Waals surface area contributed by atoms with Crippen LogP contribution in [0.25, 0.3) is 0 Å². The van der Waals surface area contributed by atoms with Crippen LogP contribution in [-0.4, -0.2) is 44.6 Å². The van der Waals surface area contributed by atoms with Crippen molar-refractivity contribution in [3.63, 3.8) is 0 Å². The van der Waals surface area contributed by atoms with Crippen LogP contribution in [0.3, 0.4) is 0 Å². The first kappa shape index (κ1) is 17.4. The van der Waals surface area contributed by atoms with Gasteiger partial charge in [-0.3, -0.25) is 19.6 Å². The van der Waals surface area contributed by atoms with E-state index in [0.717, 1.165) is 19.0 Å². The predicted octanol–water partition coefficient (Wildman–Crippen LogP) is 0.799. The van der Waals surface area contributed by atoms with Crippen LogP contribution in [0, 0.1) is 16.0 Å². The molecule has 8 nitrogen and oxygen atoms in total. The number of rotatable bonds is 4. The maximum atomic E-state index is 12.2. The van der Waals surface area contributed by atoms with Crippen molar-refractivity contribution in [3.8, 4) is 0 Å². The van der Waals surface area contributed by atoms with E-state index in [1.165, 1.54) is 10.9 Å². The molecule has 0 spiro atoms. The maximum absolute atomic E-state index is 12.2. The zero-order chi connectivity index (χ0) is 14.7. The van der Waals surface area contributed by atoms with Crippen LogP contribution in [0.5, 0.6) is 0 Å². The predicted molar refractivity (Wildman–Crippen MR) is 79.1 cm³/mol. The third-order valence-electron chi connectivity index (χ3n) is 3.68. The monoisotopic (exact) mass is 317 g/mol. The number of nitro groups is 1. The molecule has 0 aromatic carbocycles. The van der Waals surface area contributed by atoms with Gasteiger partial charge in [-0.25, -0.2) is 0 Å². The van der Waals surface area contributed by atoms with Gasteiger partial charge in [0.15, 0.2) is 0 Å². The zero-order valence-corrected chi connectivity index (χ0v) is 12.7. The number of nitrogens with two attached hydrogens (primary N) is 1. The highest BCUT2D eigenvalue weighted by Gasteiger charge is 2.26. The molecule has 1 aromatic rings. The second-order valence-corrected chi connectivity index (χ2v) is 5.25. The number of carbonyl (C=O) groups is 1. The Morgan fingerprint density at radius 1 is 1.67 bits per heavy atom. The molecular formula is C12H20ClN5O3. The maximum Gasteiger partial charge on any atom is 0.307 e. The summed E-state index contributed by atoms with van der Waals surface area (Å²) < 4.78 is 1.30. The smallest absolute Gasteiger partial charge is 0.307 e. The number of nitrogens with zero attached hydrogens (tertiary/aromatic N) is 4. The Labute approximate surface area is 128 Å². The molecule has 1 fully saturated rings. The highest BCUT2D eigenvalue weighted by atomic mass is 35.5. The minimum atomic E-state index is -0.527. The Bertz CT molecular complexity index is 505. The van der Waals surface area contributed by atoms with Crippen LogP contribution in [0.2, 0.25) is 0 Å². The van der Waals surface area contributed by atoms with Crippen LogP contribution in [-0.2, 0) is 11.3 Å². The molecule has 2 rings (SSSR count). The molecule has 118 valence electrons. The summed E-state index contributed by atoms with van der Waals surface area (Å²) in [6.45, 7) is 3.35. The van der Waals surface area contributed by atoms with Crippen LogP contribution in [0.1, 0.15) is 19.8 Å².